The molecule has 0 amide bonds. The first-order valence-corrected chi connectivity index (χ1v) is 7.84. The number of hydrogen-bond donors (Lipinski definition) is 0. The molecular weight excluding hydrogens is 287 g/mol. The predicted molar refractivity (Wildman–Crippen MR) is 92.6 cm³/mol. The third kappa shape index (κ3) is 2.79. The average molecular weight is 308 g/mol. The maximum Gasteiger partial charge on any atom is 0.144 e. The number of para-hydroxylation sites is 1. The molecule has 0 aliphatic carbocycles. The van der Waals surface area contributed by atoms with E-state index in [1.807, 2.05) is 79.2 Å². The monoisotopic (exact) mass is 308 g/mol. The van der Waals surface area contributed by atoms with Crippen LogP contribution in [0.3, 0.4) is 0 Å². The molecule has 3 aromatic rings. The van der Waals surface area contributed by atoms with Gasteiger partial charge in [-0.2, -0.15) is 0 Å². The molecule has 0 N–H and O–H groups in total. The molecule has 0 fully saturated rings. The standard InChI is InChI=1S/C20H21FN2/c1-15(21)20(2,3)18-12-8-7-11-17(18)19-22-13-14-23(19)16-9-5-4-6-10-16/h4-15H,1-3H3/t15-/m0/s1. The highest BCUT2D eigenvalue weighted by atomic mass is 19.1. The van der Waals surface area contributed by atoms with Crippen LogP contribution in [0.1, 0.15) is 26.3 Å². The van der Waals surface area contributed by atoms with Gasteiger partial charge < -0.3 is 0 Å². The molecular formula is C20H21FN2. The third-order valence-electron chi connectivity index (χ3n) is 4.53. The molecule has 0 saturated heterocycles. The van der Waals surface area contributed by atoms with Crippen LogP contribution in [0.4, 0.5) is 4.39 Å². The third-order valence-corrected chi connectivity index (χ3v) is 4.53. The van der Waals surface area contributed by atoms with Crippen LogP contribution in [-0.2, 0) is 5.41 Å². The van der Waals surface area contributed by atoms with E-state index < -0.39 is 11.6 Å². The van der Waals surface area contributed by atoms with Gasteiger partial charge in [0.05, 0.1) is 0 Å². The van der Waals surface area contributed by atoms with Crippen molar-refractivity contribution >= 4 is 0 Å². The van der Waals surface area contributed by atoms with Crippen molar-refractivity contribution in [1.82, 2.24) is 9.55 Å². The molecule has 0 aliphatic rings. The summed E-state index contributed by atoms with van der Waals surface area (Å²) in [6, 6.07) is 18.0. The van der Waals surface area contributed by atoms with Crippen LogP contribution in [0.5, 0.6) is 0 Å². The van der Waals surface area contributed by atoms with Gasteiger partial charge in [0.1, 0.15) is 12.0 Å². The number of imidazole rings is 1. The summed E-state index contributed by atoms with van der Waals surface area (Å²) >= 11 is 0. The zero-order chi connectivity index (χ0) is 16.4. The summed E-state index contributed by atoms with van der Waals surface area (Å²) in [6.45, 7) is 5.49. The maximum absolute atomic E-state index is 14.2. The average Bonchev–Trinajstić information content (AvgIpc) is 3.05. The highest BCUT2D eigenvalue weighted by molar-refractivity contribution is 5.65. The van der Waals surface area contributed by atoms with Crippen LogP contribution in [0.25, 0.3) is 17.1 Å². The Hall–Kier alpha value is -2.42. The second-order valence-electron chi connectivity index (χ2n) is 6.34. The lowest BCUT2D eigenvalue weighted by Crippen LogP contribution is -2.28. The Bertz CT molecular complexity index is 788. The lowest BCUT2D eigenvalue weighted by Gasteiger charge is -2.29. The topological polar surface area (TPSA) is 17.8 Å². The SMILES string of the molecule is C[C@H](F)C(C)(C)c1ccccc1-c1nccn1-c1ccccc1. The van der Waals surface area contributed by atoms with Gasteiger partial charge in [-0.25, -0.2) is 9.37 Å². The second-order valence-corrected chi connectivity index (χ2v) is 6.34. The van der Waals surface area contributed by atoms with Gasteiger partial charge in [0.25, 0.3) is 0 Å². The summed E-state index contributed by atoms with van der Waals surface area (Å²) < 4.78 is 16.2. The first-order chi connectivity index (χ1) is 11.0. The summed E-state index contributed by atoms with van der Waals surface area (Å²) in [5.74, 6) is 0.834. The fraction of sp³-hybridized carbons (Fsp3) is 0.250. The van der Waals surface area contributed by atoms with Gasteiger partial charge in [-0.3, -0.25) is 4.57 Å². The van der Waals surface area contributed by atoms with Gasteiger partial charge in [-0.15, -0.1) is 0 Å². The Morgan fingerprint density at radius 1 is 1.00 bits per heavy atom. The molecule has 0 saturated carbocycles. The molecule has 0 spiro atoms. The van der Waals surface area contributed by atoms with E-state index in [4.69, 9.17) is 0 Å². The lowest BCUT2D eigenvalue weighted by atomic mass is 9.78. The Labute approximate surface area is 136 Å². The molecule has 0 radical (unpaired) electrons. The quantitative estimate of drug-likeness (QED) is 0.649. The van der Waals surface area contributed by atoms with E-state index in [0.29, 0.717) is 0 Å². The van der Waals surface area contributed by atoms with Gasteiger partial charge in [-0.1, -0.05) is 56.3 Å². The van der Waals surface area contributed by atoms with Gasteiger partial charge in [0.2, 0.25) is 0 Å². The lowest BCUT2D eigenvalue weighted by molar-refractivity contribution is 0.237. The predicted octanol–water partition coefficient (Wildman–Crippen LogP) is 5.17. The van der Waals surface area contributed by atoms with Crippen molar-refractivity contribution in [2.45, 2.75) is 32.4 Å². The number of alkyl halides is 1. The fourth-order valence-corrected chi connectivity index (χ4v) is 2.75. The van der Waals surface area contributed by atoms with Gasteiger partial charge in [-0.05, 0) is 24.6 Å². The van der Waals surface area contributed by atoms with Gasteiger partial charge in [0, 0.05) is 29.1 Å². The molecule has 0 bridgehead atoms. The minimum absolute atomic E-state index is 0.579. The normalized spacial score (nSPS) is 13.0. The number of halogens is 1. The minimum Gasteiger partial charge on any atom is -0.300 e. The summed E-state index contributed by atoms with van der Waals surface area (Å²) in [7, 11) is 0. The highest BCUT2D eigenvalue weighted by Crippen LogP contribution is 2.36. The summed E-state index contributed by atoms with van der Waals surface area (Å²) in [6.07, 6.45) is 2.77. The van der Waals surface area contributed by atoms with E-state index in [1.165, 1.54) is 0 Å². The molecule has 3 rings (SSSR count). The summed E-state index contributed by atoms with van der Waals surface area (Å²) in [5.41, 5.74) is 2.40. The smallest absolute Gasteiger partial charge is 0.144 e. The Morgan fingerprint density at radius 2 is 1.65 bits per heavy atom. The molecule has 0 aliphatic heterocycles. The largest absolute Gasteiger partial charge is 0.300 e. The van der Waals surface area contributed by atoms with Gasteiger partial charge >= 0.3 is 0 Å². The van der Waals surface area contributed by atoms with E-state index in [2.05, 4.69) is 4.98 Å². The van der Waals surface area contributed by atoms with Crippen LogP contribution in [-0.4, -0.2) is 15.7 Å². The van der Waals surface area contributed by atoms with E-state index >= 15 is 0 Å². The Balaban J connectivity index is 2.17. The highest BCUT2D eigenvalue weighted by Gasteiger charge is 2.31. The number of benzene rings is 2. The van der Waals surface area contributed by atoms with E-state index in [0.717, 1.165) is 22.6 Å². The molecule has 118 valence electrons. The molecule has 3 heteroatoms. The molecule has 1 heterocycles. The number of hydrogen-bond acceptors (Lipinski definition) is 1. The number of aromatic nitrogens is 2. The van der Waals surface area contributed by atoms with Gasteiger partial charge in [0.15, 0.2) is 0 Å². The second kappa shape index (κ2) is 5.99. The van der Waals surface area contributed by atoms with Crippen molar-refractivity contribution in [3.8, 4) is 17.1 Å². The van der Waals surface area contributed by atoms with Crippen molar-refractivity contribution in [2.75, 3.05) is 0 Å². The van der Waals surface area contributed by atoms with Crippen molar-refractivity contribution in [3.63, 3.8) is 0 Å². The molecule has 1 atom stereocenters. The van der Waals surface area contributed by atoms with Crippen molar-refractivity contribution < 1.29 is 4.39 Å². The zero-order valence-electron chi connectivity index (χ0n) is 13.7. The van der Waals surface area contributed by atoms with Crippen molar-refractivity contribution in [3.05, 3.63) is 72.6 Å². The first kappa shape index (κ1) is 15.5. The van der Waals surface area contributed by atoms with Crippen molar-refractivity contribution in [1.29, 1.82) is 0 Å². The van der Waals surface area contributed by atoms with Crippen LogP contribution in [0.2, 0.25) is 0 Å². The minimum atomic E-state index is -0.955. The van der Waals surface area contributed by atoms with Crippen LogP contribution < -0.4 is 0 Å². The molecule has 2 aromatic carbocycles. The first-order valence-electron chi connectivity index (χ1n) is 7.84. The summed E-state index contributed by atoms with van der Waals surface area (Å²) in [5, 5.41) is 0. The Morgan fingerprint density at radius 3 is 2.35 bits per heavy atom. The molecule has 0 unspecified atom stereocenters. The van der Waals surface area contributed by atoms with Crippen LogP contribution >= 0.6 is 0 Å². The van der Waals surface area contributed by atoms with E-state index in [1.54, 1.807) is 13.1 Å². The Kier molecular flexibility index (Phi) is 4.03. The molecule has 1 aromatic heterocycles. The van der Waals surface area contributed by atoms with E-state index in [9.17, 15) is 4.39 Å². The fourth-order valence-electron chi connectivity index (χ4n) is 2.75. The number of nitrogens with zero attached hydrogens (tertiary/aromatic N) is 2. The van der Waals surface area contributed by atoms with Crippen LogP contribution in [0.15, 0.2) is 67.0 Å². The molecule has 23 heavy (non-hydrogen) atoms. The maximum atomic E-state index is 14.2. The van der Waals surface area contributed by atoms with Crippen molar-refractivity contribution in [2.24, 2.45) is 0 Å². The zero-order valence-corrected chi connectivity index (χ0v) is 13.7. The molecule has 2 nitrogen and oxygen atoms in total. The summed E-state index contributed by atoms with van der Waals surface area (Å²) in [4.78, 5) is 4.54. The number of rotatable bonds is 4. The van der Waals surface area contributed by atoms with E-state index in [-0.39, 0.29) is 0 Å². The van der Waals surface area contributed by atoms with Crippen LogP contribution in [0, 0.1) is 0 Å².